The second-order valence-electron chi connectivity index (χ2n) is 6.57. The maximum Gasteiger partial charge on any atom is 0.228 e. The van der Waals surface area contributed by atoms with E-state index in [9.17, 15) is 4.79 Å². The van der Waals surface area contributed by atoms with E-state index in [1.807, 2.05) is 61.5 Å². The Bertz CT molecular complexity index is 987. The van der Waals surface area contributed by atoms with Gasteiger partial charge in [0.15, 0.2) is 11.5 Å². The number of benzene rings is 2. The van der Waals surface area contributed by atoms with Gasteiger partial charge in [-0.15, -0.1) is 0 Å². The molecule has 0 unspecified atom stereocenters. The SMILES string of the molecule is Cc1ccccc1CC(=O)Nc1ccc(Nc2ccc3c(c2)OCCO3)nc1. The Labute approximate surface area is 163 Å². The monoisotopic (exact) mass is 375 g/mol. The van der Waals surface area contributed by atoms with Crippen LogP contribution >= 0.6 is 0 Å². The maximum absolute atomic E-state index is 12.3. The van der Waals surface area contributed by atoms with Crippen molar-refractivity contribution in [2.45, 2.75) is 13.3 Å². The number of anilines is 3. The lowest BCUT2D eigenvalue weighted by Gasteiger charge is -2.19. The summed E-state index contributed by atoms with van der Waals surface area (Å²) in [6.07, 6.45) is 1.97. The molecular formula is C22H21N3O3. The van der Waals surface area contributed by atoms with Crippen molar-refractivity contribution in [1.29, 1.82) is 0 Å². The molecule has 1 aliphatic heterocycles. The fourth-order valence-corrected chi connectivity index (χ4v) is 3.00. The molecule has 1 amide bonds. The number of carbonyl (C=O) groups excluding carboxylic acids is 1. The topological polar surface area (TPSA) is 72.5 Å². The zero-order valence-corrected chi connectivity index (χ0v) is 15.6. The average Bonchev–Trinajstić information content (AvgIpc) is 2.71. The van der Waals surface area contributed by atoms with Crippen molar-refractivity contribution in [3.63, 3.8) is 0 Å². The molecule has 28 heavy (non-hydrogen) atoms. The number of pyridine rings is 1. The third-order valence-electron chi connectivity index (χ3n) is 4.47. The fourth-order valence-electron chi connectivity index (χ4n) is 3.00. The van der Waals surface area contributed by atoms with E-state index in [2.05, 4.69) is 15.6 Å². The normalized spacial score (nSPS) is 12.3. The summed E-state index contributed by atoms with van der Waals surface area (Å²) >= 11 is 0. The highest BCUT2D eigenvalue weighted by Crippen LogP contribution is 2.33. The number of ether oxygens (including phenoxy) is 2. The number of aromatic nitrogens is 1. The highest BCUT2D eigenvalue weighted by Gasteiger charge is 2.12. The Kier molecular flexibility index (Phi) is 5.10. The summed E-state index contributed by atoms with van der Waals surface area (Å²) in [5, 5.41) is 6.11. The van der Waals surface area contributed by atoms with Gasteiger partial charge in [0, 0.05) is 11.8 Å². The van der Waals surface area contributed by atoms with Crippen LogP contribution in [0.4, 0.5) is 17.2 Å². The number of nitrogens with one attached hydrogen (secondary N) is 2. The van der Waals surface area contributed by atoms with E-state index in [1.165, 1.54) is 0 Å². The van der Waals surface area contributed by atoms with Crippen molar-refractivity contribution in [2.24, 2.45) is 0 Å². The number of amides is 1. The van der Waals surface area contributed by atoms with Crippen LogP contribution in [0.3, 0.4) is 0 Å². The van der Waals surface area contributed by atoms with Crippen molar-refractivity contribution in [3.05, 3.63) is 71.9 Å². The lowest BCUT2D eigenvalue weighted by atomic mass is 10.1. The highest BCUT2D eigenvalue weighted by molar-refractivity contribution is 5.92. The molecule has 0 atom stereocenters. The minimum absolute atomic E-state index is 0.0661. The molecule has 0 saturated heterocycles. The van der Waals surface area contributed by atoms with Gasteiger partial charge in [0.25, 0.3) is 0 Å². The maximum atomic E-state index is 12.3. The van der Waals surface area contributed by atoms with Crippen molar-refractivity contribution in [1.82, 2.24) is 4.98 Å². The van der Waals surface area contributed by atoms with Crippen LogP contribution in [0.25, 0.3) is 0 Å². The minimum atomic E-state index is -0.0661. The average molecular weight is 375 g/mol. The van der Waals surface area contributed by atoms with Gasteiger partial charge in [-0.2, -0.15) is 0 Å². The number of fused-ring (bicyclic) bond motifs is 1. The highest BCUT2D eigenvalue weighted by atomic mass is 16.6. The van der Waals surface area contributed by atoms with E-state index in [0.717, 1.165) is 28.3 Å². The van der Waals surface area contributed by atoms with Crippen LogP contribution in [-0.4, -0.2) is 24.1 Å². The number of rotatable bonds is 5. The van der Waals surface area contributed by atoms with Crippen LogP contribution in [0, 0.1) is 6.92 Å². The second-order valence-corrected chi connectivity index (χ2v) is 6.57. The molecule has 0 bridgehead atoms. The van der Waals surface area contributed by atoms with Crippen molar-refractivity contribution >= 4 is 23.1 Å². The third kappa shape index (κ3) is 4.23. The first kappa shape index (κ1) is 17.9. The van der Waals surface area contributed by atoms with Gasteiger partial charge in [0.05, 0.1) is 18.3 Å². The van der Waals surface area contributed by atoms with Crippen LogP contribution in [0.15, 0.2) is 60.8 Å². The molecular weight excluding hydrogens is 354 g/mol. The number of hydrogen-bond acceptors (Lipinski definition) is 5. The Morgan fingerprint density at radius 2 is 1.79 bits per heavy atom. The van der Waals surface area contributed by atoms with Gasteiger partial charge in [0.1, 0.15) is 19.0 Å². The van der Waals surface area contributed by atoms with Gasteiger partial charge in [-0.3, -0.25) is 4.79 Å². The van der Waals surface area contributed by atoms with Crippen molar-refractivity contribution in [3.8, 4) is 11.5 Å². The molecule has 0 spiro atoms. The lowest BCUT2D eigenvalue weighted by Crippen LogP contribution is -2.15. The Morgan fingerprint density at radius 1 is 1.00 bits per heavy atom. The molecule has 4 rings (SSSR count). The smallest absolute Gasteiger partial charge is 0.228 e. The zero-order valence-electron chi connectivity index (χ0n) is 15.6. The van der Waals surface area contributed by atoms with Crippen LogP contribution in [0.5, 0.6) is 11.5 Å². The van der Waals surface area contributed by atoms with E-state index >= 15 is 0 Å². The van der Waals surface area contributed by atoms with E-state index < -0.39 is 0 Å². The van der Waals surface area contributed by atoms with Crippen molar-refractivity contribution < 1.29 is 14.3 Å². The molecule has 0 aliphatic carbocycles. The first-order valence-corrected chi connectivity index (χ1v) is 9.14. The molecule has 0 fully saturated rings. The van der Waals surface area contributed by atoms with Gasteiger partial charge in [-0.25, -0.2) is 4.98 Å². The summed E-state index contributed by atoms with van der Waals surface area (Å²) in [5.41, 5.74) is 3.64. The van der Waals surface area contributed by atoms with Gasteiger partial charge < -0.3 is 20.1 Å². The number of aryl methyl sites for hydroxylation is 1. The molecule has 3 aromatic rings. The molecule has 0 radical (unpaired) electrons. The quantitative estimate of drug-likeness (QED) is 0.703. The predicted octanol–water partition coefficient (Wildman–Crippen LogP) is 4.09. The molecule has 0 saturated carbocycles. The number of nitrogens with zero attached hydrogens (tertiary/aromatic N) is 1. The number of hydrogen-bond donors (Lipinski definition) is 2. The van der Waals surface area contributed by atoms with E-state index in [1.54, 1.807) is 6.20 Å². The molecule has 2 aromatic carbocycles. The molecule has 6 heteroatoms. The Hall–Kier alpha value is -3.54. The van der Waals surface area contributed by atoms with E-state index in [-0.39, 0.29) is 5.91 Å². The third-order valence-corrected chi connectivity index (χ3v) is 4.47. The standard InChI is InChI=1S/C22H21N3O3/c1-15-4-2-3-5-16(15)12-22(26)25-18-7-9-21(23-14-18)24-17-6-8-19-20(13-17)28-11-10-27-19/h2-9,13-14H,10-12H2,1H3,(H,23,24)(H,25,26). The Balaban J connectivity index is 1.37. The zero-order chi connectivity index (χ0) is 19.3. The number of carbonyl (C=O) groups is 1. The van der Waals surface area contributed by atoms with Gasteiger partial charge >= 0.3 is 0 Å². The molecule has 2 heterocycles. The molecule has 1 aliphatic rings. The van der Waals surface area contributed by atoms with Crippen LogP contribution in [-0.2, 0) is 11.2 Å². The van der Waals surface area contributed by atoms with E-state index in [4.69, 9.17) is 9.47 Å². The first-order chi connectivity index (χ1) is 13.7. The summed E-state index contributed by atoms with van der Waals surface area (Å²) in [7, 11) is 0. The van der Waals surface area contributed by atoms with Crippen LogP contribution in [0.1, 0.15) is 11.1 Å². The van der Waals surface area contributed by atoms with Gasteiger partial charge in [-0.1, -0.05) is 24.3 Å². The van der Waals surface area contributed by atoms with E-state index in [0.29, 0.717) is 31.1 Å². The van der Waals surface area contributed by atoms with Crippen molar-refractivity contribution in [2.75, 3.05) is 23.8 Å². The Morgan fingerprint density at radius 3 is 2.57 bits per heavy atom. The van der Waals surface area contributed by atoms with Crippen LogP contribution < -0.4 is 20.1 Å². The summed E-state index contributed by atoms with van der Waals surface area (Å²) in [6.45, 7) is 3.12. The summed E-state index contributed by atoms with van der Waals surface area (Å²) in [5.74, 6) is 2.07. The predicted molar refractivity (Wildman–Crippen MR) is 108 cm³/mol. The summed E-state index contributed by atoms with van der Waals surface area (Å²) in [4.78, 5) is 16.6. The molecule has 142 valence electrons. The van der Waals surface area contributed by atoms with Crippen LogP contribution in [0.2, 0.25) is 0 Å². The summed E-state index contributed by atoms with van der Waals surface area (Å²) in [6, 6.07) is 17.2. The molecule has 6 nitrogen and oxygen atoms in total. The van der Waals surface area contributed by atoms with Gasteiger partial charge in [0.2, 0.25) is 5.91 Å². The second kappa shape index (κ2) is 8.00. The lowest BCUT2D eigenvalue weighted by molar-refractivity contribution is -0.115. The fraction of sp³-hybridized carbons (Fsp3) is 0.182. The molecule has 2 N–H and O–H groups in total. The minimum Gasteiger partial charge on any atom is -0.486 e. The largest absolute Gasteiger partial charge is 0.486 e. The summed E-state index contributed by atoms with van der Waals surface area (Å²) < 4.78 is 11.1. The van der Waals surface area contributed by atoms with Gasteiger partial charge in [-0.05, 0) is 42.3 Å². The first-order valence-electron chi connectivity index (χ1n) is 9.14. The molecule has 1 aromatic heterocycles.